The largest absolute Gasteiger partial charge is 0.355 e. The van der Waals surface area contributed by atoms with E-state index in [2.05, 4.69) is 42.8 Å². The molecule has 2 N–H and O–H groups in total. The molecular formula is C17H32N4. The molecule has 1 aromatic heterocycles. The highest BCUT2D eigenvalue weighted by Gasteiger charge is 2.17. The van der Waals surface area contributed by atoms with Crippen LogP contribution in [0.25, 0.3) is 0 Å². The first-order chi connectivity index (χ1) is 10.2. The molecule has 0 saturated heterocycles. The van der Waals surface area contributed by atoms with Gasteiger partial charge in [-0.1, -0.05) is 40.5 Å². The van der Waals surface area contributed by atoms with E-state index in [0.717, 1.165) is 37.4 Å². The van der Waals surface area contributed by atoms with Crippen molar-refractivity contribution in [2.45, 2.75) is 72.8 Å². The van der Waals surface area contributed by atoms with Gasteiger partial charge in [0, 0.05) is 25.2 Å². The number of rotatable bonds is 10. The van der Waals surface area contributed by atoms with Gasteiger partial charge in [0.25, 0.3) is 0 Å². The van der Waals surface area contributed by atoms with E-state index in [1.807, 2.05) is 0 Å². The molecule has 4 heteroatoms. The molecule has 0 fully saturated rings. The molecule has 120 valence electrons. The third-order valence-corrected chi connectivity index (χ3v) is 4.00. The van der Waals surface area contributed by atoms with Crippen molar-refractivity contribution in [2.75, 3.05) is 18.0 Å². The lowest BCUT2D eigenvalue weighted by atomic mass is 10.0. The van der Waals surface area contributed by atoms with E-state index >= 15 is 0 Å². The predicted molar refractivity (Wildman–Crippen MR) is 90.7 cm³/mol. The summed E-state index contributed by atoms with van der Waals surface area (Å²) in [7, 11) is 0. The quantitative estimate of drug-likeness (QED) is 0.717. The lowest BCUT2D eigenvalue weighted by Gasteiger charge is -2.26. The van der Waals surface area contributed by atoms with Crippen molar-refractivity contribution in [1.29, 1.82) is 0 Å². The summed E-state index contributed by atoms with van der Waals surface area (Å²) in [6.45, 7) is 11.4. The lowest BCUT2D eigenvalue weighted by molar-refractivity contribution is 0.658. The van der Waals surface area contributed by atoms with Crippen molar-refractivity contribution < 1.29 is 0 Å². The van der Waals surface area contributed by atoms with Gasteiger partial charge in [-0.05, 0) is 31.2 Å². The maximum atomic E-state index is 6.05. The minimum Gasteiger partial charge on any atom is -0.355 e. The summed E-state index contributed by atoms with van der Waals surface area (Å²) in [5.74, 6) is 1.02. The molecule has 0 unspecified atom stereocenters. The summed E-state index contributed by atoms with van der Waals surface area (Å²) in [5.41, 5.74) is 9.67. The Balaban J connectivity index is 3.16. The minimum atomic E-state index is 0.551. The van der Waals surface area contributed by atoms with E-state index in [-0.39, 0.29) is 0 Å². The zero-order valence-corrected chi connectivity index (χ0v) is 14.3. The van der Waals surface area contributed by atoms with Crippen LogP contribution in [-0.2, 0) is 19.4 Å². The number of hydrogen-bond acceptors (Lipinski definition) is 4. The van der Waals surface area contributed by atoms with Gasteiger partial charge in [-0.15, -0.1) is 5.10 Å². The van der Waals surface area contributed by atoms with Crippen molar-refractivity contribution >= 4 is 5.82 Å². The molecule has 0 aliphatic rings. The molecule has 21 heavy (non-hydrogen) atoms. The highest BCUT2D eigenvalue weighted by Crippen LogP contribution is 2.24. The van der Waals surface area contributed by atoms with Crippen LogP contribution < -0.4 is 10.6 Å². The highest BCUT2D eigenvalue weighted by molar-refractivity contribution is 5.51. The maximum Gasteiger partial charge on any atom is 0.156 e. The fraction of sp³-hybridized carbons (Fsp3) is 0.765. The molecular weight excluding hydrogens is 260 g/mol. The molecule has 0 atom stereocenters. The zero-order chi connectivity index (χ0) is 15.7. The molecule has 4 nitrogen and oxygen atoms in total. The number of aryl methyl sites for hydroxylation is 1. The maximum absolute atomic E-state index is 6.05. The number of anilines is 1. The fourth-order valence-corrected chi connectivity index (χ4v) is 2.73. The summed E-state index contributed by atoms with van der Waals surface area (Å²) in [6.07, 6.45) is 6.67. The van der Waals surface area contributed by atoms with E-state index in [0.29, 0.717) is 6.54 Å². The Labute approximate surface area is 130 Å². The Kier molecular flexibility index (Phi) is 8.28. The fourth-order valence-electron chi connectivity index (χ4n) is 2.73. The number of hydrogen-bond donors (Lipinski definition) is 1. The van der Waals surface area contributed by atoms with Crippen molar-refractivity contribution in [1.82, 2.24) is 10.2 Å². The van der Waals surface area contributed by atoms with Gasteiger partial charge < -0.3 is 10.6 Å². The van der Waals surface area contributed by atoms with Gasteiger partial charge in [0.1, 0.15) is 0 Å². The van der Waals surface area contributed by atoms with Crippen LogP contribution in [0.2, 0.25) is 0 Å². The third-order valence-electron chi connectivity index (χ3n) is 4.00. The van der Waals surface area contributed by atoms with E-state index in [4.69, 9.17) is 5.73 Å². The normalized spacial score (nSPS) is 10.9. The number of nitrogens with two attached hydrogens (primary N) is 1. The number of aromatic nitrogens is 2. The standard InChI is InChI=1S/C17H32N4/c1-5-9-11-21(12-10-6-2)17-15(13-18)14(7-3)16(8-4)19-20-17/h5-13,18H2,1-4H3. The Morgan fingerprint density at radius 3 is 1.90 bits per heavy atom. The number of nitrogens with zero attached hydrogens (tertiary/aromatic N) is 3. The second kappa shape index (κ2) is 9.72. The molecule has 0 amide bonds. The van der Waals surface area contributed by atoms with Gasteiger partial charge in [-0.25, -0.2) is 0 Å². The van der Waals surface area contributed by atoms with Crippen LogP contribution in [0.5, 0.6) is 0 Å². The summed E-state index contributed by atoms with van der Waals surface area (Å²) in [5, 5.41) is 9.00. The monoisotopic (exact) mass is 292 g/mol. The van der Waals surface area contributed by atoms with Crippen molar-refractivity contribution in [3.05, 3.63) is 16.8 Å². The van der Waals surface area contributed by atoms with Gasteiger partial charge >= 0.3 is 0 Å². The van der Waals surface area contributed by atoms with Gasteiger partial charge in [-0.3, -0.25) is 0 Å². The predicted octanol–water partition coefficient (Wildman–Crippen LogP) is 3.47. The Morgan fingerprint density at radius 1 is 0.857 bits per heavy atom. The molecule has 0 aliphatic carbocycles. The second-order valence-electron chi connectivity index (χ2n) is 5.53. The van der Waals surface area contributed by atoms with E-state index in [9.17, 15) is 0 Å². The number of unbranched alkanes of at least 4 members (excludes halogenated alkanes) is 2. The first kappa shape index (κ1) is 17.9. The average Bonchev–Trinajstić information content (AvgIpc) is 2.53. The first-order valence-corrected chi connectivity index (χ1v) is 8.55. The molecule has 0 aromatic carbocycles. The van der Waals surface area contributed by atoms with Crippen molar-refractivity contribution in [2.24, 2.45) is 5.73 Å². The van der Waals surface area contributed by atoms with Crippen molar-refractivity contribution in [3.8, 4) is 0 Å². The summed E-state index contributed by atoms with van der Waals surface area (Å²) < 4.78 is 0. The molecule has 0 spiro atoms. The molecule has 1 aromatic rings. The van der Waals surface area contributed by atoms with Gasteiger partial charge in [-0.2, -0.15) is 5.10 Å². The van der Waals surface area contributed by atoms with Crippen LogP contribution in [0.4, 0.5) is 5.82 Å². The SMILES string of the molecule is CCCCN(CCCC)c1nnc(CC)c(CC)c1CN. The van der Waals surface area contributed by atoms with Gasteiger partial charge in [0.05, 0.1) is 5.69 Å². The van der Waals surface area contributed by atoms with E-state index in [1.54, 1.807) is 0 Å². The first-order valence-electron chi connectivity index (χ1n) is 8.55. The van der Waals surface area contributed by atoms with Gasteiger partial charge in [0.15, 0.2) is 5.82 Å². The minimum absolute atomic E-state index is 0.551. The van der Waals surface area contributed by atoms with Crippen LogP contribution in [0.15, 0.2) is 0 Å². The summed E-state index contributed by atoms with van der Waals surface area (Å²) in [4.78, 5) is 2.39. The lowest BCUT2D eigenvalue weighted by Crippen LogP contribution is -2.29. The van der Waals surface area contributed by atoms with E-state index in [1.165, 1.54) is 36.8 Å². The van der Waals surface area contributed by atoms with Crippen LogP contribution in [0, 0.1) is 0 Å². The van der Waals surface area contributed by atoms with Crippen LogP contribution in [0.3, 0.4) is 0 Å². The van der Waals surface area contributed by atoms with Crippen molar-refractivity contribution in [3.63, 3.8) is 0 Å². The third kappa shape index (κ3) is 4.67. The Bertz CT molecular complexity index is 409. The molecule has 1 rings (SSSR count). The van der Waals surface area contributed by atoms with E-state index < -0.39 is 0 Å². The molecule has 1 heterocycles. The highest BCUT2D eigenvalue weighted by atomic mass is 15.3. The molecule has 0 radical (unpaired) electrons. The smallest absolute Gasteiger partial charge is 0.156 e. The molecule has 0 bridgehead atoms. The van der Waals surface area contributed by atoms with Crippen LogP contribution in [-0.4, -0.2) is 23.3 Å². The topological polar surface area (TPSA) is 55.0 Å². The molecule has 0 aliphatic heterocycles. The van der Waals surface area contributed by atoms with Crippen LogP contribution in [0.1, 0.15) is 70.2 Å². The Hall–Kier alpha value is -1.16. The summed E-state index contributed by atoms with van der Waals surface area (Å²) >= 11 is 0. The molecule has 0 saturated carbocycles. The van der Waals surface area contributed by atoms with Gasteiger partial charge in [0.2, 0.25) is 0 Å². The second-order valence-corrected chi connectivity index (χ2v) is 5.53. The zero-order valence-electron chi connectivity index (χ0n) is 14.3. The average molecular weight is 292 g/mol. The van der Waals surface area contributed by atoms with Crippen LogP contribution >= 0.6 is 0 Å². The summed E-state index contributed by atoms with van der Waals surface area (Å²) in [6, 6.07) is 0. The Morgan fingerprint density at radius 2 is 1.48 bits per heavy atom.